The number of fused-ring (bicyclic) bond motifs is 2. The summed E-state index contributed by atoms with van der Waals surface area (Å²) in [6, 6.07) is 7.59. The first kappa shape index (κ1) is 18.2. The van der Waals surface area contributed by atoms with Crippen LogP contribution in [0.15, 0.2) is 24.3 Å². The summed E-state index contributed by atoms with van der Waals surface area (Å²) in [6.45, 7) is 6.02. The number of rotatable bonds is 2. The van der Waals surface area contributed by atoms with E-state index in [1.165, 1.54) is 0 Å². The molecule has 4 rings (SSSR count). The smallest absolute Gasteiger partial charge is 0.258 e. The van der Waals surface area contributed by atoms with Gasteiger partial charge in [0.1, 0.15) is 0 Å². The van der Waals surface area contributed by atoms with Crippen LogP contribution in [0, 0.1) is 19.8 Å². The summed E-state index contributed by atoms with van der Waals surface area (Å²) >= 11 is 1.58. The van der Waals surface area contributed by atoms with Gasteiger partial charge >= 0.3 is 0 Å². The molecule has 1 fully saturated rings. The topological polar surface area (TPSA) is 52.7 Å². The Balaban J connectivity index is 1.75. The molecular formula is C21H25N3O2S. The van der Waals surface area contributed by atoms with Crippen LogP contribution in [0.25, 0.3) is 0 Å². The highest BCUT2D eigenvalue weighted by atomic mass is 32.1. The molecule has 2 aromatic rings. The van der Waals surface area contributed by atoms with E-state index in [1.54, 1.807) is 16.2 Å². The van der Waals surface area contributed by atoms with E-state index in [0.29, 0.717) is 23.6 Å². The second-order valence-corrected chi connectivity index (χ2v) is 9.02. The van der Waals surface area contributed by atoms with Crippen LogP contribution in [0.2, 0.25) is 0 Å². The number of nitrogens with zero attached hydrogens (tertiary/aromatic N) is 2. The highest BCUT2D eigenvalue weighted by molar-refractivity contribution is 7.13. The molecule has 0 atom stereocenters. The molecule has 1 N–H and O–H groups in total. The number of amides is 2. The number of carbonyl (C=O) groups excluding carboxylic acids is 2. The second-order valence-electron chi connectivity index (χ2n) is 7.59. The monoisotopic (exact) mass is 383 g/mol. The van der Waals surface area contributed by atoms with Gasteiger partial charge in [0.2, 0.25) is 5.91 Å². The lowest BCUT2D eigenvalue weighted by Crippen LogP contribution is -2.34. The zero-order chi connectivity index (χ0) is 19.1. The van der Waals surface area contributed by atoms with Crippen LogP contribution in [0.5, 0.6) is 0 Å². The molecule has 2 amide bonds. The first-order valence-corrected chi connectivity index (χ1v) is 10.3. The molecule has 6 heteroatoms. The van der Waals surface area contributed by atoms with E-state index in [1.807, 2.05) is 38.1 Å². The lowest BCUT2D eigenvalue weighted by molar-refractivity contribution is -0.119. The van der Waals surface area contributed by atoms with E-state index >= 15 is 0 Å². The fourth-order valence-corrected chi connectivity index (χ4v) is 5.19. The Morgan fingerprint density at radius 1 is 1.19 bits per heavy atom. The van der Waals surface area contributed by atoms with Gasteiger partial charge < -0.3 is 10.2 Å². The van der Waals surface area contributed by atoms with Crippen LogP contribution in [-0.4, -0.2) is 36.9 Å². The molecule has 0 unspecified atom stereocenters. The molecule has 2 aliphatic heterocycles. The molecule has 0 radical (unpaired) electrons. The zero-order valence-corrected chi connectivity index (χ0v) is 16.9. The molecule has 3 heterocycles. The van der Waals surface area contributed by atoms with Gasteiger partial charge in [-0.05, 0) is 64.9 Å². The fraction of sp³-hybridized carbons (Fsp3) is 0.429. The Hall–Kier alpha value is -2.18. The molecule has 0 bridgehead atoms. The molecule has 1 aromatic carbocycles. The minimum absolute atomic E-state index is 0.0793. The molecule has 5 nitrogen and oxygen atoms in total. The third-order valence-electron chi connectivity index (χ3n) is 5.62. The minimum Gasteiger partial charge on any atom is -0.320 e. The summed E-state index contributed by atoms with van der Waals surface area (Å²) in [5.41, 5.74) is 2.85. The molecule has 1 saturated heterocycles. The maximum Gasteiger partial charge on any atom is 0.258 e. The number of hydrogen-bond acceptors (Lipinski definition) is 4. The number of carbonyl (C=O) groups is 2. The van der Waals surface area contributed by atoms with Crippen molar-refractivity contribution in [2.45, 2.75) is 33.1 Å². The summed E-state index contributed by atoms with van der Waals surface area (Å²) in [6.07, 6.45) is 2.61. The SMILES string of the molecule is Cc1sc(C)c2c1C(=O)Nc1ccccc1N2C(=O)CC1CCN(C)CC1. The molecule has 0 aliphatic carbocycles. The van der Waals surface area contributed by atoms with E-state index in [2.05, 4.69) is 17.3 Å². The quantitative estimate of drug-likeness (QED) is 0.840. The Kier molecular flexibility index (Phi) is 4.78. The van der Waals surface area contributed by atoms with Crippen LogP contribution in [-0.2, 0) is 4.79 Å². The van der Waals surface area contributed by atoms with Crippen LogP contribution < -0.4 is 10.2 Å². The highest BCUT2D eigenvalue weighted by Gasteiger charge is 2.34. The minimum atomic E-state index is -0.131. The number of hydrogen-bond donors (Lipinski definition) is 1. The normalized spacial score (nSPS) is 17.9. The van der Waals surface area contributed by atoms with Gasteiger partial charge in [-0.1, -0.05) is 12.1 Å². The van der Waals surface area contributed by atoms with Crippen molar-refractivity contribution in [2.75, 3.05) is 30.4 Å². The molecular weight excluding hydrogens is 358 g/mol. The molecule has 0 saturated carbocycles. The van der Waals surface area contributed by atoms with Gasteiger partial charge in [0.05, 0.1) is 22.6 Å². The maximum absolute atomic E-state index is 13.5. The highest BCUT2D eigenvalue weighted by Crippen LogP contribution is 2.44. The number of thiophene rings is 1. The number of piperidine rings is 1. The average Bonchev–Trinajstić information content (AvgIpc) is 2.84. The third kappa shape index (κ3) is 3.28. The summed E-state index contributed by atoms with van der Waals surface area (Å²) in [5, 5.41) is 2.99. The van der Waals surface area contributed by atoms with Crippen LogP contribution in [0.4, 0.5) is 17.1 Å². The first-order chi connectivity index (χ1) is 13.0. The van der Waals surface area contributed by atoms with Gasteiger partial charge in [0, 0.05) is 16.2 Å². The Morgan fingerprint density at radius 2 is 1.89 bits per heavy atom. The number of likely N-dealkylation sites (tertiary alicyclic amines) is 1. The number of nitrogens with one attached hydrogen (secondary N) is 1. The van der Waals surface area contributed by atoms with E-state index in [0.717, 1.165) is 47.1 Å². The van der Waals surface area contributed by atoms with Gasteiger partial charge in [0.15, 0.2) is 0 Å². The van der Waals surface area contributed by atoms with Gasteiger partial charge in [-0.15, -0.1) is 11.3 Å². The molecule has 27 heavy (non-hydrogen) atoms. The van der Waals surface area contributed by atoms with E-state index in [9.17, 15) is 9.59 Å². The van der Waals surface area contributed by atoms with Gasteiger partial charge in [-0.3, -0.25) is 14.5 Å². The standard InChI is InChI=1S/C21H25N3O2S/c1-13-19-20(14(2)27-13)24(17-7-5-4-6-16(17)22-21(19)26)18(25)12-15-8-10-23(3)11-9-15/h4-7,15H,8-12H2,1-3H3,(H,22,26). The summed E-state index contributed by atoms with van der Waals surface area (Å²) in [4.78, 5) is 32.4. The fourth-order valence-electron chi connectivity index (χ4n) is 4.15. The predicted molar refractivity (Wildman–Crippen MR) is 110 cm³/mol. The largest absolute Gasteiger partial charge is 0.320 e. The van der Waals surface area contributed by atoms with Gasteiger partial charge in [0.25, 0.3) is 5.91 Å². The second kappa shape index (κ2) is 7.09. The first-order valence-electron chi connectivity index (χ1n) is 9.47. The third-order valence-corrected chi connectivity index (χ3v) is 6.63. The summed E-state index contributed by atoms with van der Waals surface area (Å²) < 4.78 is 0. The van der Waals surface area contributed by atoms with Crippen molar-refractivity contribution < 1.29 is 9.59 Å². The molecule has 0 spiro atoms. The van der Waals surface area contributed by atoms with Crippen molar-refractivity contribution in [1.29, 1.82) is 0 Å². The zero-order valence-electron chi connectivity index (χ0n) is 16.0. The molecule has 2 aliphatic rings. The van der Waals surface area contributed by atoms with Crippen LogP contribution >= 0.6 is 11.3 Å². The van der Waals surface area contributed by atoms with Gasteiger partial charge in [-0.25, -0.2) is 0 Å². The van der Waals surface area contributed by atoms with E-state index in [4.69, 9.17) is 0 Å². The number of para-hydroxylation sites is 2. The Morgan fingerprint density at radius 3 is 2.63 bits per heavy atom. The van der Waals surface area contributed by atoms with Crippen molar-refractivity contribution in [2.24, 2.45) is 5.92 Å². The van der Waals surface area contributed by atoms with Crippen LogP contribution in [0.3, 0.4) is 0 Å². The number of anilines is 3. The lowest BCUT2D eigenvalue weighted by Gasteiger charge is -2.31. The van der Waals surface area contributed by atoms with E-state index in [-0.39, 0.29) is 11.8 Å². The Bertz CT molecular complexity index is 897. The lowest BCUT2D eigenvalue weighted by atomic mass is 9.93. The molecule has 142 valence electrons. The van der Waals surface area contributed by atoms with Crippen molar-refractivity contribution in [3.8, 4) is 0 Å². The van der Waals surface area contributed by atoms with Gasteiger partial charge in [-0.2, -0.15) is 0 Å². The van der Waals surface area contributed by atoms with Crippen molar-refractivity contribution >= 4 is 40.2 Å². The van der Waals surface area contributed by atoms with Crippen LogP contribution in [0.1, 0.15) is 39.4 Å². The van der Waals surface area contributed by atoms with Crippen molar-refractivity contribution in [1.82, 2.24) is 4.90 Å². The number of aryl methyl sites for hydroxylation is 2. The Labute approximate surface area is 164 Å². The molecule has 1 aromatic heterocycles. The summed E-state index contributed by atoms with van der Waals surface area (Å²) in [7, 11) is 2.13. The number of benzene rings is 1. The summed E-state index contributed by atoms with van der Waals surface area (Å²) in [5.74, 6) is 0.348. The maximum atomic E-state index is 13.5. The average molecular weight is 384 g/mol. The predicted octanol–water partition coefficient (Wildman–Crippen LogP) is 4.33. The van der Waals surface area contributed by atoms with Crippen molar-refractivity contribution in [3.63, 3.8) is 0 Å². The van der Waals surface area contributed by atoms with E-state index < -0.39 is 0 Å². The van der Waals surface area contributed by atoms with Crippen molar-refractivity contribution in [3.05, 3.63) is 39.6 Å².